The Morgan fingerprint density at radius 2 is 1.81 bits per heavy atom. The topological polar surface area (TPSA) is 31.4 Å². The van der Waals surface area contributed by atoms with E-state index in [0.717, 1.165) is 58.7 Å². The Morgan fingerprint density at radius 1 is 0.906 bits per heavy atom. The highest BCUT2D eigenvalue weighted by molar-refractivity contribution is 5.83. The van der Waals surface area contributed by atoms with Crippen LogP contribution < -0.4 is 9.47 Å². The maximum Gasteiger partial charge on any atom is 0.130 e. The van der Waals surface area contributed by atoms with Gasteiger partial charge in [-0.25, -0.2) is 4.39 Å². The van der Waals surface area contributed by atoms with Crippen LogP contribution in [0.15, 0.2) is 79.0 Å². The predicted molar refractivity (Wildman–Crippen MR) is 122 cm³/mol. The zero-order chi connectivity index (χ0) is 21.5. The van der Waals surface area contributed by atoms with Crippen molar-refractivity contribution in [3.8, 4) is 33.9 Å². The van der Waals surface area contributed by atoms with Gasteiger partial charge in [-0.3, -0.25) is 4.98 Å². The number of aromatic nitrogens is 1. The number of hydrogen-bond donors (Lipinski definition) is 0. The lowest BCUT2D eigenvalue weighted by atomic mass is 9.93. The number of fused-ring (bicyclic) bond motifs is 2. The van der Waals surface area contributed by atoms with Gasteiger partial charge in [0.2, 0.25) is 0 Å². The second-order valence-electron chi connectivity index (χ2n) is 8.27. The van der Waals surface area contributed by atoms with Crippen molar-refractivity contribution in [2.75, 3.05) is 6.61 Å². The summed E-state index contributed by atoms with van der Waals surface area (Å²) in [6, 6.07) is 23.5. The molecular weight excluding hydrogens is 401 g/mol. The smallest absolute Gasteiger partial charge is 0.130 e. The van der Waals surface area contributed by atoms with Gasteiger partial charge in [0.05, 0.1) is 12.3 Å². The van der Waals surface area contributed by atoms with E-state index in [2.05, 4.69) is 23.2 Å². The molecule has 0 N–H and O–H groups in total. The maximum absolute atomic E-state index is 15.1. The Kier molecular flexibility index (Phi) is 4.64. The van der Waals surface area contributed by atoms with Gasteiger partial charge in [0, 0.05) is 35.4 Å². The van der Waals surface area contributed by atoms with E-state index in [-0.39, 0.29) is 11.9 Å². The SMILES string of the molecule is Fc1ccc(-c2cccnc2-c2ccccc2)c2c1[C@H](Oc1ccc3c(c1)OCC3)CC2. The highest BCUT2D eigenvalue weighted by atomic mass is 19.1. The second kappa shape index (κ2) is 7.79. The lowest BCUT2D eigenvalue weighted by molar-refractivity contribution is 0.202. The van der Waals surface area contributed by atoms with Gasteiger partial charge in [-0.1, -0.05) is 48.5 Å². The number of benzene rings is 3. The van der Waals surface area contributed by atoms with Crippen molar-refractivity contribution in [3.05, 3.63) is 102 Å². The molecule has 1 aromatic heterocycles. The van der Waals surface area contributed by atoms with E-state index < -0.39 is 0 Å². The molecular formula is C28H22FNO2. The molecule has 32 heavy (non-hydrogen) atoms. The molecule has 2 aliphatic rings. The number of hydrogen-bond acceptors (Lipinski definition) is 3. The van der Waals surface area contributed by atoms with Gasteiger partial charge in [-0.2, -0.15) is 0 Å². The molecule has 0 amide bonds. The first-order valence-electron chi connectivity index (χ1n) is 11.0. The van der Waals surface area contributed by atoms with Crippen LogP contribution in [0.2, 0.25) is 0 Å². The first-order valence-corrected chi connectivity index (χ1v) is 11.0. The van der Waals surface area contributed by atoms with E-state index in [4.69, 9.17) is 9.47 Å². The number of halogens is 1. The molecule has 3 aromatic carbocycles. The number of rotatable bonds is 4. The van der Waals surface area contributed by atoms with Gasteiger partial charge in [0.15, 0.2) is 0 Å². The minimum atomic E-state index is -0.318. The van der Waals surface area contributed by atoms with Gasteiger partial charge in [0.1, 0.15) is 23.4 Å². The third-order valence-corrected chi connectivity index (χ3v) is 6.37. The van der Waals surface area contributed by atoms with Crippen molar-refractivity contribution in [1.82, 2.24) is 4.98 Å². The quantitative estimate of drug-likeness (QED) is 0.373. The van der Waals surface area contributed by atoms with E-state index in [1.54, 1.807) is 12.3 Å². The van der Waals surface area contributed by atoms with Crippen LogP contribution in [0.5, 0.6) is 11.5 Å². The molecule has 3 nitrogen and oxygen atoms in total. The van der Waals surface area contributed by atoms with Crippen LogP contribution >= 0.6 is 0 Å². The van der Waals surface area contributed by atoms with E-state index in [1.807, 2.05) is 48.5 Å². The minimum absolute atomic E-state index is 0.214. The van der Waals surface area contributed by atoms with Gasteiger partial charge in [-0.05, 0) is 47.7 Å². The highest BCUT2D eigenvalue weighted by Crippen LogP contribution is 2.44. The first kappa shape index (κ1) is 19.1. The van der Waals surface area contributed by atoms with E-state index in [9.17, 15) is 0 Å². The zero-order valence-corrected chi connectivity index (χ0v) is 17.6. The zero-order valence-electron chi connectivity index (χ0n) is 17.6. The lowest BCUT2D eigenvalue weighted by Gasteiger charge is -2.18. The van der Waals surface area contributed by atoms with Crippen molar-refractivity contribution in [1.29, 1.82) is 0 Å². The fourth-order valence-electron chi connectivity index (χ4n) is 4.88. The summed E-state index contributed by atoms with van der Waals surface area (Å²) in [7, 11) is 0. The van der Waals surface area contributed by atoms with Crippen molar-refractivity contribution in [2.24, 2.45) is 0 Å². The van der Waals surface area contributed by atoms with E-state index >= 15 is 4.39 Å². The molecule has 158 valence electrons. The average Bonchev–Trinajstić information content (AvgIpc) is 3.48. The number of nitrogens with zero attached hydrogens (tertiary/aromatic N) is 1. The molecule has 0 spiro atoms. The summed E-state index contributed by atoms with van der Waals surface area (Å²) in [6.45, 7) is 0.706. The van der Waals surface area contributed by atoms with Crippen LogP contribution in [-0.2, 0) is 12.8 Å². The summed E-state index contributed by atoms with van der Waals surface area (Å²) in [5, 5.41) is 0. The van der Waals surface area contributed by atoms with Crippen LogP contribution in [0.1, 0.15) is 29.2 Å². The standard InChI is InChI=1S/C28H22FNO2/c29-24-12-10-21(23-7-4-15-30-28(23)19-5-2-1-3-6-19)22-11-13-25(27(22)24)32-20-9-8-18-14-16-31-26(18)17-20/h1-10,12,15,17,25H,11,13-14,16H2/t25-/m1/s1. The van der Waals surface area contributed by atoms with E-state index in [0.29, 0.717) is 12.2 Å². The van der Waals surface area contributed by atoms with Gasteiger partial charge in [0.25, 0.3) is 0 Å². The molecule has 1 atom stereocenters. The number of ether oxygens (including phenoxy) is 2. The Hall–Kier alpha value is -3.66. The lowest BCUT2D eigenvalue weighted by Crippen LogP contribution is -2.06. The third-order valence-electron chi connectivity index (χ3n) is 6.37. The van der Waals surface area contributed by atoms with Crippen LogP contribution in [0, 0.1) is 5.82 Å². The fraction of sp³-hybridized carbons (Fsp3) is 0.179. The summed E-state index contributed by atoms with van der Waals surface area (Å²) in [6.07, 6.45) is 3.91. The highest BCUT2D eigenvalue weighted by Gasteiger charge is 2.31. The third kappa shape index (κ3) is 3.23. The van der Waals surface area contributed by atoms with Crippen LogP contribution in [0.4, 0.5) is 4.39 Å². The summed E-state index contributed by atoms with van der Waals surface area (Å²) >= 11 is 0. The molecule has 4 aromatic rings. The summed E-state index contributed by atoms with van der Waals surface area (Å²) in [5.74, 6) is 1.38. The van der Waals surface area contributed by atoms with Crippen LogP contribution in [-0.4, -0.2) is 11.6 Å². The van der Waals surface area contributed by atoms with Crippen molar-refractivity contribution >= 4 is 0 Å². The fourth-order valence-corrected chi connectivity index (χ4v) is 4.88. The summed E-state index contributed by atoms with van der Waals surface area (Å²) in [4.78, 5) is 4.65. The van der Waals surface area contributed by atoms with Crippen molar-refractivity contribution in [2.45, 2.75) is 25.4 Å². The molecule has 6 rings (SSSR count). The maximum atomic E-state index is 15.1. The second-order valence-corrected chi connectivity index (χ2v) is 8.27. The largest absolute Gasteiger partial charge is 0.493 e. The van der Waals surface area contributed by atoms with Crippen molar-refractivity contribution in [3.63, 3.8) is 0 Å². The van der Waals surface area contributed by atoms with Crippen LogP contribution in [0.25, 0.3) is 22.4 Å². The monoisotopic (exact) mass is 423 g/mol. The molecule has 1 aliphatic carbocycles. The molecule has 0 unspecified atom stereocenters. The number of pyridine rings is 1. The minimum Gasteiger partial charge on any atom is -0.493 e. The van der Waals surface area contributed by atoms with Gasteiger partial charge in [-0.15, -0.1) is 0 Å². The average molecular weight is 423 g/mol. The molecule has 4 heteroatoms. The molecule has 1 aliphatic heterocycles. The molecule has 2 heterocycles. The summed E-state index contributed by atoms with van der Waals surface area (Å²) < 4.78 is 27.0. The Bertz CT molecular complexity index is 1300. The molecule has 0 saturated carbocycles. The molecule has 0 radical (unpaired) electrons. The van der Waals surface area contributed by atoms with E-state index in [1.165, 1.54) is 5.56 Å². The molecule has 0 fully saturated rings. The van der Waals surface area contributed by atoms with Crippen molar-refractivity contribution < 1.29 is 13.9 Å². The van der Waals surface area contributed by atoms with Crippen LogP contribution in [0.3, 0.4) is 0 Å². The summed E-state index contributed by atoms with van der Waals surface area (Å²) in [5.41, 5.74) is 6.86. The Labute approximate surface area is 186 Å². The molecule has 0 bridgehead atoms. The van der Waals surface area contributed by atoms with Gasteiger partial charge >= 0.3 is 0 Å². The molecule has 0 saturated heterocycles. The van der Waals surface area contributed by atoms with Gasteiger partial charge < -0.3 is 9.47 Å². The Balaban J connectivity index is 1.40. The normalized spacial score (nSPS) is 16.3. The first-order chi connectivity index (χ1) is 15.8. The predicted octanol–water partition coefficient (Wildman–Crippen LogP) is 6.56. The Morgan fingerprint density at radius 3 is 2.72 bits per heavy atom.